The van der Waals surface area contributed by atoms with E-state index in [1.807, 2.05) is 0 Å². The number of rotatable bonds is 4. The standard InChI is InChI=1S/C14H29N3O/c1-14(2,12-15)17-7-5-16(6-8-17)11-13-3-9-18-10-4-13/h13H,3-12,15H2,1-2H3. The highest BCUT2D eigenvalue weighted by molar-refractivity contribution is 4.86. The summed E-state index contributed by atoms with van der Waals surface area (Å²) in [5, 5.41) is 0. The van der Waals surface area contributed by atoms with Crippen molar-refractivity contribution >= 4 is 0 Å². The fourth-order valence-corrected chi connectivity index (χ4v) is 2.96. The minimum absolute atomic E-state index is 0.158. The number of ether oxygens (including phenoxy) is 1. The topological polar surface area (TPSA) is 41.7 Å². The molecule has 0 spiro atoms. The molecule has 2 saturated heterocycles. The second-order valence-electron chi connectivity index (χ2n) is 6.36. The Morgan fingerprint density at radius 2 is 1.72 bits per heavy atom. The van der Waals surface area contributed by atoms with Crippen LogP contribution in [0, 0.1) is 5.92 Å². The summed E-state index contributed by atoms with van der Waals surface area (Å²) < 4.78 is 5.42. The van der Waals surface area contributed by atoms with Gasteiger partial charge in [-0.15, -0.1) is 0 Å². The largest absolute Gasteiger partial charge is 0.381 e. The summed E-state index contributed by atoms with van der Waals surface area (Å²) >= 11 is 0. The first-order valence-corrected chi connectivity index (χ1v) is 7.37. The van der Waals surface area contributed by atoms with Crippen LogP contribution in [0.3, 0.4) is 0 Å². The van der Waals surface area contributed by atoms with Crippen molar-refractivity contribution in [2.75, 3.05) is 52.5 Å². The van der Waals surface area contributed by atoms with Gasteiger partial charge in [0, 0.05) is 58.0 Å². The summed E-state index contributed by atoms with van der Waals surface area (Å²) in [4.78, 5) is 5.16. The zero-order chi connectivity index (χ0) is 13.0. The van der Waals surface area contributed by atoms with Crippen molar-refractivity contribution in [1.29, 1.82) is 0 Å². The molecule has 0 atom stereocenters. The maximum absolute atomic E-state index is 5.85. The van der Waals surface area contributed by atoms with E-state index in [0.717, 1.165) is 38.8 Å². The van der Waals surface area contributed by atoms with Crippen LogP contribution in [0.25, 0.3) is 0 Å². The average molecular weight is 255 g/mol. The summed E-state index contributed by atoms with van der Waals surface area (Å²) in [5.41, 5.74) is 6.01. The van der Waals surface area contributed by atoms with E-state index in [2.05, 4.69) is 23.6 Å². The van der Waals surface area contributed by atoms with Crippen molar-refractivity contribution in [2.45, 2.75) is 32.2 Å². The molecule has 2 N–H and O–H groups in total. The molecular formula is C14H29N3O. The van der Waals surface area contributed by atoms with Gasteiger partial charge in [-0.2, -0.15) is 0 Å². The summed E-state index contributed by atoms with van der Waals surface area (Å²) in [6.45, 7) is 13.1. The van der Waals surface area contributed by atoms with Crippen molar-refractivity contribution in [1.82, 2.24) is 9.80 Å². The van der Waals surface area contributed by atoms with Gasteiger partial charge < -0.3 is 15.4 Å². The van der Waals surface area contributed by atoms with Crippen LogP contribution in [0.1, 0.15) is 26.7 Å². The fourth-order valence-electron chi connectivity index (χ4n) is 2.96. The normalized spacial score (nSPS) is 25.5. The Bertz CT molecular complexity index is 243. The molecular weight excluding hydrogens is 226 g/mol. The van der Waals surface area contributed by atoms with Gasteiger partial charge in [0.2, 0.25) is 0 Å². The smallest absolute Gasteiger partial charge is 0.0469 e. The van der Waals surface area contributed by atoms with Gasteiger partial charge in [0.25, 0.3) is 0 Å². The second-order valence-corrected chi connectivity index (χ2v) is 6.36. The molecule has 0 amide bonds. The first-order chi connectivity index (χ1) is 8.62. The molecule has 4 nitrogen and oxygen atoms in total. The van der Waals surface area contributed by atoms with E-state index in [0.29, 0.717) is 0 Å². The van der Waals surface area contributed by atoms with Gasteiger partial charge in [-0.1, -0.05) is 0 Å². The van der Waals surface area contributed by atoms with Crippen LogP contribution in [0.2, 0.25) is 0 Å². The maximum atomic E-state index is 5.85. The third-order valence-electron chi connectivity index (χ3n) is 4.59. The molecule has 2 aliphatic rings. The average Bonchev–Trinajstić information content (AvgIpc) is 2.40. The highest BCUT2D eigenvalue weighted by Gasteiger charge is 2.29. The van der Waals surface area contributed by atoms with Crippen LogP contribution < -0.4 is 5.73 Å². The number of nitrogens with zero attached hydrogens (tertiary/aromatic N) is 2. The predicted molar refractivity (Wildman–Crippen MR) is 74.7 cm³/mol. The molecule has 0 aromatic carbocycles. The maximum Gasteiger partial charge on any atom is 0.0469 e. The minimum atomic E-state index is 0.158. The highest BCUT2D eigenvalue weighted by atomic mass is 16.5. The van der Waals surface area contributed by atoms with E-state index in [-0.39, 0.29) is 5.54 Å². The summed E-state index contributed by atoms with van der Waals surface area (Å²) in [5.74, 6) is 0.854. The summed E-state index contributed by atoms with van der Waals surface area (Å²) in [6, 6.07) is 0. The zero-order valence-corrected chi connectivity index (χ0v) is 12.0. The molecule has 0 bridgehead atoms. The number of nitrogens with two attached hydrogens (primary N) is 1. The number of hydrogen-bond acceptors (Lipinski definition) is 4. The highest BCUT2D eigenvalue weighted by Crippen LogP contribution is 2.19. The Morgan fingerprint density at radius 3 is 2.28 bits per heavy atom. The Morgan fingerprint density at radius 1 is 1.11 bits per heavy atom. The van der Waals surface area contributed by atoms with Crippen LogP contribution in [-0.2, 0) is 4.74 Å². The van der Waals surface area contributed by atoms with Crippen molar-refractivity contribution in [3.8, 4) is 0 Å². The minimum Gasteiger partial charge on any atom is -0.381 e. The Balaban J connectivity index is 1.73. The summed E-state index contributed by atoms with van der Waals surface area (Å²) in [7, 11) is 0. The van der Waals surface area contributed by atoms with E-state index in [1.165, 1.54) is 32.5 Å². The van der Waals surface area contributed by atoms with Crippen molar-refractivity contribution in [2.24, 2.45) is 11.7 Å². The molecule has 0 saturated carbocycles. The first-order valence-electron chi connectivity index (χ1n) is 7.37. The Kier molecular flexibility index (Phi) is 5.01. The van der Waals surface area contributed by atoms with Crippen LogP contribution in [-0.4, -0.2) is 67.8 Å². The molecule has 0 unspecified atom stereocenters. The summed E-state index contributed by atoms with van der Waals surface area (Å²) in [6.07, 6.45) is 2.49. The Labute approximate surface area is 111 Å². The van der Waals surface area contributed by atoms with Gasteiger partial charge in [-0.25, -0.2) is 0 Å². The number of piperazine rings is 1. The van der Waals surface area contributed by atoms with E-state index >= 15 is 0 Å². The molecule has 2 heterocycles. The number of hydrogen-bond donors (Lipinski definition) is 1. The SMILES string of the molecule is CC(C)(CN)N1CCN(CC2CCOCC2)CC1. The molecule has 0 aliphatic carbocycles. The molecule has 4 heteroatoms. The monoisotopic (exact) mass is 255 g/mol. The van der Waals surface area contributed by atoms with Crippen LogP contribution in [0.15, 0.2) is 0 Å². The lowest BCUT2D eigenvalue weighted by molar-refractivity contribution is 0.0245. The third kappa shape index (κ3) is 3.67. The van der Waals surface area contributed by atoms with E-state index in [9.17, 15) is 0 Å². The zero-order valence-electron chi connectivity index (χ0n) is 12.0. The van der Waals surface area contributed by atoms with Gasteiger partial charge in [0.05, 0.1) is 0 Å². The van der Waals surface area contributed by atoms with Gasteiger partial charge in [-0.05, 0) is 32.6 Å². The van der Waals surface area contributed by atoms with Gasteiger partial charge in [-0.3, -0.25) is 4.90 Å². The molecule has 0 aromatic heterocycles. The molecule has 2 rings (SSSR count). The van der Waals surface area contributed by atoms with Crippen molar-refractivity contribution in [3.63, 3.8) is 0 Å². The van der Waals surface area contributed by atoms with Crippen LogP contribution >= 0.6 is 0 Å². The first kappa shape index (κ1) is 14.3. The lowest BCUT2D eigenvalue weighted by atomic mass is 9.98. The molecule has 2 aliphatic heterocycles. The molecule has 2 fully saturated rings. The second kappa shape index (κ2) is 6.33. The van der Waals surface area contributed by atoms with Crippen LogP contribution in [0.4, 0.5) is 0 Å². The quantitative estimate of drug-likeness (QED) is 0.805. The third-order valence-corrected chi connectivity index (χ3v) is 4.59. The van der Waals surface area contributed by atoms with Crippen molar-refractivity contribution < 1.29 is 4.74 Å². The van der Waals surface area contributed by atoms with Gasteiger partial charge in [0.1, 0.15) is 0 Å². The Hall–Kier alpha value is -0.160. The molecule has 18 heavy (non-hydrogen) atoms. The molecule has 106 valence electrons. The van der Waals surface area contributed by atoms with Gasteiger partial charge in [0.15, 0.2) is 0 Å². The van der Waals surface area contributed by atoms with E-state index < -0.39 is 0 Å². The van der Waals surface area contributed by atoms with E-state index in [1.54, 1.807) is 0 Å². The lowest BCUT2D eigenvalue weighted by Crippen LogP contribution is -2.57. The van der Waals surface area contributed by atoms with E-state index in [4.69, 9.17) is 10.5 Å². The predicted octanol–water partition coefficient (Wildman–Crippen LogP) is 0.768. The molecule has 0 aromatic rings. The van der Waals surface area contributed by atoms with Crippen molar-refractivity contribution in [3.05, 3.63) is 0 Å². The lowest BCUT2D eigenvalue weighted by Gasteiger charge is -2.44. The van der Waals surface area contributed by atoms with Crippen LogP contribution in [0.5, 0.6) is 0 Å². The molecule has 0 radical (unpaired) electrons. The fraction of sp³-hybridized carbons (Fsp3) is 1.00. The van der Waals surface area contributed by atoms with Gasteiger partial charge >= 0.3 is 0 Å².